The first-order valence-corrected chi connectivity index (χ1v) is 7.38. The van der Waals surface area contributed by atoms with E-state index in [1.165, 1.54) is 11.1 Å². The number of hydrogen-bond donors (Lipinski definition) is 0. The molecule has 2 aliphatic rings. The van der Waals surface area contributed by atoms with Crippen LogP contribution in [-0.4, -0.2) is 13.2 Å². The van der Waals surface area contributed by atoms with E-state index in [-0.39, 0.29) is 11.3 Å². The van der Waals surface area contributed by atoms with Crippen molar-refractivity contribution in [1.82, 2.24) is 0 Å². The zero-order valence-electron chi connectivity index (χ0n) is 11.0. The average molecular weight is 287 g/mol. The maximum atomic E-state index is 6.72. The van der Waals surface area contributed by atoms with Crippen molar-refractivity contribution in [3.63, 3.8) is 0 Å². The summed E-state index contributed by atoms with van der Waals surface area (Å²) in [6.07, 6.45) is 0.977. The maximum Gasteiger partial charge on any atom is 0.122 e. The van der Waals surface area contributed by atoms with Gasteiger partial charge in [-0.2, -0.15) is 0 Å². The monoisotopic (exact) mass is 286 g/mol. The molecule has 2 aromatic rings. The van der Waals surface area contributed by atoms with Crippen LogP contribution in [0.15, 0.2) is 42.5 Å². The van der Waals surface area contributed by atoms with Gasteiger partial charge in [-0.3, -0.25) is 0 Å². The summed E-state index contributed by atoms with van der Waals surface area (Å²) < 4.78 is 11.3. The number of ether oxygens (including phenoxy) is 2. The summed E-state index contributed by atoms with van der Waals surface area (Å²) in [5, 5.41) is -0.0652. The number of rotatable bonds is 2. The summed E-state index contributed by atoms with van der Waals surface area (Å²) in [6.45, 7) is 1.43. The molecule has 2 nitrogen and oxygen atoms in total. The lowest BCUT2D eigenvalue weighted by molar-refractivity contribution is 0.328. The minimum Gasteiger partial charge on any atom is -0.493 e. The molecule has 0 saturated carbocycles. The van der Waals surface area contributed by atoms with Crippen molar-refractivity contribution in [3.8, 4) is 11.5 Å². The van der Waals surface area contributed by atoms with Gasteiger partial charge in [0, 0.05) is 17.9 Å². The molecule has 0 aliphatic carbocycles. The smallest absolute Gasteiger partial charge is 0.122 e. The van der Waals surface area contributed by atoms with Crippen LogP contribution in [0.4, 0.5) is 0 Å². The molecule has 2 aliphatic heterocycles. The number of para-hydroxylation sites is 1. The maximum absolute atomic E-state index is 6.72. The molecule has 2 unspecified atom stereocenters. The first-order chi connectivity index (χ1) is 9.83. The molecular formula is C17H15ClO2. The van der Waals surface area contributed by atoms with Crippen molar-refractivity contribution >= 4 is 11.6 Å². The molecule has 20 heavy (non-hydrogen) atoms. The van der Waals surface area contributed by atoms with Crippen molar-refractivity contribution in [2.24, 2.45) is 0 Å². The van der Waals surface area contributed by atoms with Crippen LogP contribution in [0.2, 0.25) is 0 Å². The first-order valence-electron chi connectivity index (χ1n) is 6.94. The van der Waals surface area contributed by atoms with Gasteiger partial charge in [-0.1, -0.05) is 30.3 Å². The lowest BCUT2D eigenvalue weighted by atomic mass is 9.92. The second-order valence-corrected chi connectivity index (χ2v) is 5.79. The molecular weight excluding hydrogens is 272 g/mol. The van der Waals surface area contributed by atoms with E-state index < -0.39 is 0 Å². The topological polar surface area (TPSA) is 18.5 Å². The van der Waals surface area contributed by atoms with E-state index in [1.54, 1.807) is 0 Å². The van der Waals surface area contributed by atoms with Crippen LogP contribution in [0, 0.1) is 0 Å². The highest BCUT2D eigenvalue weighted by Gasteiger charge is 2.31. The number of hydrogen-bond acceptors (Lipinski definition) is 2. The standard InChI is InChI=1S/C17H15ClO2/c18-17(12-5-6-15-11(9-12)7-8-19-15)14-10-20-16-4-2-1-3-13(14)16/h1-6,9,14,17H,7-8,10H2. The van der Waals surface area contributed by atoms with E-state index in [0.717, 1.165) is 30.1 Å². The van der Waals surface area contributed by atoms with Gasteiger partial charge in [0.05, 0.1) is 18.6 Å². The minimum absolute atomic E-state index is 0.0652. The first kappa shape index (κ1) is 12.1. The third-order valence-corrected chi connectivity index (χ3v) is 4.68. The lowest BCUT2D eigenvalue weighted by Crippen LogP contribution is -2.08. The number of alkyl halides is 1. The quantitative estimate of drug-likeness (QED) is 0.775. The fourth-order valence-electron chi connectivity index (χ4n) is 3.04. The fourth-order valence-corrected chi connectivity index (χ4v) is 3.38. The molecule has 0 fully saturated rings. The highest BCUT2D eigenvalue weighted by molar-refractivity contribution is 6.21. The summed E-state index contributed by atoms with van der Waals surface area (Å²) in [5.74, 6) is 2.18. The molecule has 0 amide bonds. The SMILES string of the molecule is ClC(c1ccc2c(c1)CCO2)C1COc2ccccc21. The third-order valence-electron chi connectivity index (χ3n) is 4.12. The zero-order valence-corrected chi connectivity index (χ0v) is 11.8. The van der Waals surface area contributed by atoms with E-state index in [9.17, 15) is 0 Å². The molecule has 4 rings (SSSR count). The molecule has 0 saturated heterocycles. The Morgan fingerprint density at radius 2 is 1.95 bits per heavy atom. The summed E-state index contributed by atoms with van der Waals surface area (Å²) in [6, 6.07) is 14.4. The van der Waals surface area contributed by atoms with E-state index >= 15 is 0 Å². The van der Waals surface area contributed by atoms with Gasteiger partial charge >= 0.3 is 0 Å². The van der Waals surface area contributed by atoms with Crippen molar-refractivity contribution in [3.05, 3.63) is 59.2 Å². The van der Waals surface area contributed by atoms with E-state index in [2.05, 4.69) is 18.2 Å². The summed E-state index contributed by atoms with van der Waals surface area (Å²) >= 11 is 6.72. The fraction of sp³-hybridized carbons (Fsp3) is 0.294. The van der Waals surface area contributed by atoms with Crippen LogP contribution >= 0.6 is 11.6 Å². The second-order valence-electron chi connectivity index (χ2n) is 5.32. The van der Waals surface area contributed by atoms with Gasteiger partial charge < -0.3 is 9.47 Å². The summed E-state index contributed by atoms with van der Waals surface area (Å²) in [7, 11) is 0. The van der Waals surface area contributed by atoms with Crippen LogP contribution in [0.3, 0.4) is 0 Å². The van der Waals surface area contributed by atoms with Gasteiger partial charge in [-0.15, -0.1) is 11.6 Å². The van der Waals surface area contributed by atoms with E-state index in [4.69, 9.17) is 21.1 Å². The highest BCUT2D eigenvalue weighted by Crippen LogP contribution is 2.45. The van der Waals surface area contributed by atoms with Gasteiger partial charge in [0.1, 0.15) is 11.5 Å². The Kier molecular flexibility index (Phi) is 2.85. The molecule has 0 spiro atoms. The Morgan fingerprint density at radius 3 is 2.90 bits per heavy atom. The summed E-state index contributed by atoms with van der Waals surface area (Å²) in [4.78, 5) is 0. The average Bonchev–Trinajstić information content (AvgIpc) is 3.12. The van der Waals surface area contributed by atoms with Crippen molar-refractivity contribution in [2.75, 3.05) is 13.2 Å². The lowest BCUT2D eigenvalue weighted by Gasteiger charge is -2.17. The number of halogens is 1. The van der Waals surface area contributed by atoms with Crippen LogP contribution in [0.1, 0.15) is 28.0 Å². The normalized spacial score (nSPS) is 20.8. The van der Waals surface area contributed by atoms with E-state index in [1.807, 2.05) is 24.3 Å². The Hall–Kier alpha value is -1.67. The van der Waals surface area contributed by atoms with Crippen LogP contribution < -0.4 is 9.47 Å². The van der Waals surface area contributed by atoms with Crippen LogP contribution in [-0.2, 0) is 6.42 Å². The molecule has 0 N–H and O–H groups in total. The predicted molar refractivity (Wildman–Crippen MR) is 78.9 cm³/mol. The Morgan fingerprint density at radius 1 is 1.05 bits per heavy atom. The molecule has 3 heteroatoms. The van der Waals surface area contributed by atoms with Crippen molar-refractivity contribution < 1.29 is 9.47 Å². The molecule has 0 radical (unpaired) electrons. The summed E-state index contributed by atoms with van der Waals surface area (Å²) in [5.41, 5.74) is 3.63. The molecule has 2 atom stereocenters. The van der Waals surface area contributed by atoms with Gasteiger partial charge in [0.25, 0.3) is 0 Å². The molecule has 102 valence electrons. The third kappa shape index (κ3) is 1.87. The second kappa shape index (κ2) is 4.71. The van der Waals surface area contributed by atoms with Crippen LogP contribution in [0.25, 0.3) is 0 Å². The Bertz CT molecular complexity index is 653. The number of benzene rings is 2. The van der Waals surface area contributed by atoms with Gasteiger partial charge in [-0.25, -0.2) is 0 Å². The van der Waals surface area contributed by atoms with Crippen molar-refractivity contribution in [2.45, 2.75) is 17.7 Å². The Balaban J connectivity index is 1.67. The number of fused-ring (bicyclic) bond motifs is 2. The van der Waals surface area contributed by atoms with Crippen LogP contribution in [0.5, 0.6) is 11.5 Å². The van der Waals surface area contributed by atoms with Gasteiger partial charge in [0.2, 0.25) is 0 Å². The minimum atomic E-state index is -0.0652. The molecule has 2 aromatic carbocycles. The molecule has 0 aromatic heterocycles. The predicted octanol–water partition coefficient (Wildman–Crippen LogP) is 4.08. The molecule has 2 heterocycles. The molecule has 0 bridgehead atoms. The van der Waals surface area contributed by atoms with Gasteiger partial charge in [-0.05, 0) is 23.3 Å². The largest absolute Gasteiger partial charge is 0.493 e. The zero-order chi connectivity index (χ0) is 13.5. The van der Waals surface area contributed by atoms with Crippen molar-refractivity contribution in [1.29, 1.82) is 0 Å². The van der Waals surface area contributed by atoms with Gasteiger partial charge in [0.15, 0.2) is 0 Å². The van der Waals surface area contributed by atoms with E-state index in [0.29, 0.717) is 6.61 Å². The Labute approximate surface area is 123 Å². The highest BCUT2D eigenvalue weighted by atomic mass is 35.5.